The SMILES string of the molecule is O=Cc1cc2n(n1)CCCNC2. The number of rotatable bonds is 1. The summed E-state index contributed by atoms with van der Waals surface area (Å²) in [6.45, 7) is 2.76. The Morgan fingerprint density at radius 1 is 1.67 bits per heavy atom. The smallest absolute Gasteiger partial charge is 0.170 e. The van der Waals surface area contributed by atoms with Gasteiger partial charge in [-0.25, -0.2) is 0 Å². The van der Waals surface area contributed by atoms with E-state index < -0.39 is 0 Å². The molecule has 0 saturated heterocycles. The van der Waals surface area contributed by atoms with Gasteiger partial charge >= 0.3 is 0 Å². The Morgan fingerprint density at radius 2 is 2.58 bits per heavy atom. The van der Waals surface area contributed by atoms with Gasteiger partial charge in [0, 0.05) is 13.1 Å². The van der Waals surface area contributed by atoms with Crippen LogP contribution in [0.25, 0.3) is 0 Å². The molecule has 0 bridgehead atoms. The second-order valence-corrected chi connectivity index (χ2v) is 2.93. The van der Waals surface area contributed by atoms with E-state index in [2.05, 4.69) is 10.4 Å². The second kappa shape index (κ2) is 3.06. The van der Waals surface area contributed by atoms with Gasteiger partial charge in [0.2, 0.25) is 0 Å². The second-order valence-electron chi connectivity index (χ2n) is 2.93. The Hall–Kier alpha value is -1.16. The number of nitrogens with one attached hydrogen (secondary N) is 1. The fourth-order valence-corrected chi connectivity index (χ4v) is 1.44. The average molecular weight is 165 g/mol. The van der Waals surface area contributed by atoms with Crippen LogP contribution in [0.2, 0.25) is 0 Å². The number of carbonyl (C=O) groups excluding carboxylic acids is 1. The van der Waals surface area contributed by atoms with Crippen LogP contribution in [0.4, 0.5) is 0 Å². The molecule has 64 valence electrons. The Labute approximate surface area is 70.6 Å². The third-order valence-corrected chi connectivity index (χ3v) is 2.03. The summed E-state index contributed by atoms with van der Waals surface area (Å²) >= 11 is 0. The monoisotopic (exact) mass is 165 g/mol. The highest BCUT2D eigenvalue weighted by molar-refractivity contribution is 5.71. The molecule has 0 atom stereocenters. The lowest BCUT2D eigenvalue weighted by Gasteiger charge is -1.98. The fraction of sp³-hybridized carbons (Fsp3) is 0.500. The number of aryl methyl sites for hydroxylation is 1. The van der Waals surface area contributed by atoms with Gasteiger partial charge in [-0.2, -0.15) is 5.10 Å². The van der Waals surface area contributed by atoms with Gasteiger partial charge in [0.1, 0.15) is 5.69 Å². The normalized spacial score (nSPS) is 16.7. The first kappa shape index (κ1) is 7.49. The third kappa shape index (κ3) is 1.25. The lowest BCUT2D eigenvalue weighted by atomic mass is 10.3. The van der Waals surface area contributed by atoms with E-state index >= 15 is 0 Å². The molecule has 4 nitrogen and oxygen atoms in total. The van der Waals surface area contributed by atoms with E-state index in [0.717, 1.165) is 38.0 Å². The van der Waals surface area contributed by atoms with Crippen LogP contribution < -0.4 is 5.32 Å². The Bertz CT molecular complexity index is 269. The molecular formula is C8H11N3O. The number of aromatic nitrogens is 2. The molecule has 1 aromatic rings. The number of nitrogens with zero attached hydrogens (tertiary/aromatic N) is 2. The maximum absolute atomic E-state index is 10.4. The molecule has 1 aliphatic heterocycles. The van der Waals surface area contributed by atoms with Gasteiger partial charge in [-0.1, -0.05) is 0 Å². The quantitative estimate of drug-likeness (QED) is 0.604. The molecule has 0 aliphatic carbocycles. The topological polar surface area (TPSA) is 46.9 Å². The standard InChI is InChI=1S/C8H11N3O/c12-6-7-4-8-5-9-2-1-3-11(8)10-7/h4,6,9H,1-3,5H2. The minimum Gasteiger partial charge on any atom is -0.311 e. The highest BCUT2D eigenvalue weighted by atomic mass is 16.1. The number of aldehydes is 1. The highest BCUT2D eigenvalue weighted by Gasteiger charge is 2.09. The average Bonchev–Trinajstić information content (AvgIpc) is 2.37. The van der Waals surface area contributed by atoms with E-state index in [1.165, 1.54) is 0 Å². The number of hydrogen-bond donors (Lipinski definition) is 1. The number of fused-ring (bicyclic) bond motifs is 1. The van der Waals surface area contributed by atoms with Crippen molar-refractivity contribution in [3.8, 4) is 0 Å². The third-order valence-electron chi connectivity index (χ3n) is 2.03. The highest BCUT2D eigenvalue weighted by Crippen LogP contribution is 2.06. The predicted octanol–water partition coefficient (Wildman–Crippen LogP) is 0.189. The van der Waals surface area contributed by atoms with Crippen LogP contribution in [0.5, 0.6) is 0 Å². The molecule has 2 rings (SSSR count). The minimum atomic E-state index is 0.536. The van der Waals surface area contributed by atoms with Crippen LogP contribution in [-0.4, -0.2) is 22.6 Å². The van der Waals surface area contributed by atoms with Crippen LogP contribution >= 0.6 is 0 Å². The van der Waals surface area contributed by atoms with E-state index in [-0.39, 0.29) is 0 Å². The van der Waals surface area contributed by atoms with E-state index in [1.54, 1.807) is 0 Å². The van der Waals surface area contributed by atoms with Gasteiger partial charge in [0.15, 0.2) is 6.29 Å². The van der Waals surface area contributed by atoms with Crippen LogP contribution in [0.15, 0.2) is 6.07 Å². The van der Waals surface area contributed by atoms with Crippen molar-refractivity contribution in [3.05, 3.63) is 17.5 Å². The van der Waals surface area contributed by atoms with Crippen LogP contribution in [-0.2, 0) is 13.1 Å². The summed E-state index contributed by atoms with van der Waals surface area (Å²) in [7, 11) is 0. The number of carbonyl (C=O) groups is 1. The van der Waals surface area contributed by atoms with Crippen molar-refractivity contribution in [1.29, 1.82) is 0 Å². The first-order chi connectivity index (χ1) is 5.90. The summed E-state index contributed by atoms with van der Waals surface area (Å²) in [6, 6.07) is 1.84. The molecule has 0 radical (unpaired) electrons. The fourth-order valence-electron chi connectivity index (χ4n) is 1.44. The van der Waals surface area contributed by atoms with Crippen molar-refractivity contribution in [1.82, 2.24) is 15.1 Å². The zero-order valence-corrected chi connectivity index (χ0v) is 6.79. The van der Waals surface area contributed by atoms with Crippen LogP contribution in [0.1, 0.15) is 22.6 Å². The number of hydrogen-bond acceptors (Lipinski definition) is 3. The molecule has 1 aromatic heterocycles. The Morgan fingerprint density at radius 3 is 3.42 bits per heavy atom. The molecular weight excluding hydrogens is 154 g/mol. The van der Waals surface area contributed by atoms with E-state index in [9.17, 15) is 4.79 Å². The summed E-state index contributed by atoms with van der Waals surface area (Å²) in [5.74, 6) is 0. The molecule has 1 N–H and O–H groups in total. The maximum Gasteiger partial charge on any atom is 0.170 e. The summed E-state index contributed by atoms with van der Waals surface area (Å²) in [4.78, 5) is 10.4. The molecule has 2 heterocycles. The maximum atomic E-state index is 10.4. The minimum absolute atomic E-state index is 0.536. The largest absolute Gasteiger partial charge is 0.311 e. The first-order valence-corrected chi connectivity index (χ1v) is 4.13. The van der Waals surface area contributed by atoms with Gasteiger partial charge in [0.05, 0.1) is 5.69 Å². The zero-order chi connectivity index (χ0) is 8.39. The summed E-state index contributed by atoms with van der Waals surface area (Å²) in [5, 5.41) is 7.40. The lowest BCUT2D eigenvalue weighted by molar-refractivity contribution is 0.111. The molecule has 0 spiro atoms. The van der Waals surface area contributed by atoms with Crippen molar-refractivity contribution in [2.45, 2.75) is 19.5 Å². The van der Waals surface area contributed by atoms with Crippen molar-refractivity contribution < 1.29 is 4.79 Å². The van der Waals surface area contributed by atoms with Crippen LogP contribution in [0.3, 0.4) is 0 Å². The molecule has 1 aliphatic rings. The Balaban J connectivity index is 2.32. The molecule has 0 aromatic carbocycles. The molecule has 0 unspecified atom stereocenters. The molecule has 12 heavy (non-hydrogen) atoms. The van der Waals surface area contributed by atoms with E-state index in [1.807, 2.05) is 10.7 Å². The van der Waals surface area contributed by atoms with Crippen molar-refractivity contribution in [3.63, 3.8) is 0 Å². The summed E-state index contributed by atoms with van der Waals surface area (Å²) in [6.07, 6.45) is 1.87. The van der Waals surface area contributed by atoms with Gasteiger partial charge in [-0.3, -0.25) is 9.48 Å². The molecule has 0 fully saturated rings. The van der Waals surface area contributed by atoms with Gasteiger partial charge in [-0.05, 0) is 19.0 Å². The van der Waals surface area contributed by atoms with Crippen molar-refractivity contribution in [2.24, 2.45) is 0 Å². The summed E-state index contributed by atoms with van der Waals surface area (Å²) < 4.78 is 1.91. The first-order valence-electron chi connectivity index (χ1n) is 4.13. The Kier molecular flexibility index (Phi) is 1.91. The zero-order valence-electron chi connectivity index (χ0n) is 6.79. The predicted molar refractivity (Wildman–Crippen MR) is 43.9 cm³/mol. The van der Waals surface area contributed by atoms with Gasteiger partial charge in [0.25, 0.3) is 0 Å². The molecule has 0 amide bonds. The lowest BCUT2D eigenvalue weighted by Crippen LogP contribution is -2.11. The summed E-state index contributed by atoms with van der Waals surface area (Å²) in [5.41, 5.74) is 1.64. The van der Waals surface area contributed by atoms with E-state index in [4.69, 9.17) is 0 Å². The molecule has 0 saturated carbocycles. The van der Waals surface area contributed by atoms with Crippen molar-refractivity contribution in [2.75, 3.05) is 6.54 Å². The van der Waals surface area contributed by atoms with Crippen LogP contribution in [0, 0.1) is 0 Å². The van der Waals surface area contributed by atoms with Gasteiger partial charge < -0.3 is 5.32 Å². The van der Waals surface area contributed by atoms with Crippen molar-refractivity contribution >= 4 is 6.29 Å². The van der Waals surface area contributed by atoms with Gasteiger partial charge in [-0.15, -0.1) is 0 Å². The molecule has 4 heteroatoms. The van der Waals surface area contributed by atoms with E-state index in [0.29, 0.717) is 5.69 Å².